The monoisotopic (exact) mass is 415 g/mol. The molecule has 0 aliphatic carbocycles. The summed E-state index contributed by atoms with van der Waals surface area (Å²) in [6.45, 7) is -0.0347. The Bertz CT molecular complexity index is 1100. The van der Waals surface area contributed by atoms with Crippen molar-refractivity contribution in [1.29, 1.82) is 0 Å². The molecule has 4 rings (SSSR count). The zero-order valence-electron chi connectivity index (χ0n) is 16.5. The van der Waals surface area contributed by atoms with E-state index in [9.17, 15) is 4.79 Å². The summed E-state index contributed by atoms with van der Waals surface area (Å²) in [5.41, 5.74) is 3.71. The molecular formula is C24H21N3O2S. The summed E-state index contributed by atoms with van der Waals surface area (Å²) in [5.74, 6) is 0.467. The number of hydrogen-bond donors (Lipinski definition) is 1. The van der Waals surface area contributed by atoms with Crippen LogP contribution in [0.5, 0.6) is 5.75 Å². The van der Waals surface area contributed by atoms with Crippen molar-refractivity contribution in [3.05, 3.63) is 90.3 Å². The Morgan fingerprint density at radius 2 is 1.63 bits per heavy atom. The van der Waals surface area contributed by atoms with Gasteiger partial charge in [-0.2, -0.15) is 0 Å². The van der Waals surface area contributed by atoms with E-state index in [1.807, 2.05) is 85.2 Å². The molecule has 0 aliphatic rings. The van der Waals surface area contributed by atoms with E-state index in [4.69, 9.17) is 9.72 Å². The number of ether oxygens (including phenoxy) is 1. The van der Waals surface area contributed by atoms with Crippen LogP contribution in [-0.2, 0) is 4.79 Å². The van der Waals surface area contributed by atoms with Gasteiger partial charge in [0.15, 0.2) is 11.7 Å². The number of rotatable bonds is 7. The number of carbonyl (C=O) groups excluding carboxylic acids is 1. The van der Waals surface area contributed by atoms with E-state index < -0.39 is 0 Å². The van der Waals surface area contributed by atoms with Crippen LogP contribution in [0.2, 0.25) is 0 Å². The van der Waals surface area contributed by atoms with Gasteiger partial charge in [0.05, 0.1) is 5.69 Å². The van der Waals surface area contributed by atoms with E-state index in [2.05, 4.69) is 22.3 Å². The zero-order chi connectivity index (χ0) is 20.8. The van der Waals surface area contributed by atoms with Gasteiger partial charge in [0.25, 0.3) is 5.91 Å². The van der Waals surface area contributed by atoms with Crippen molar-refractivity contribution in [2.75, 3.05) is 23.9 Å². The molecule has 1 aromatic heterocycles. The minimum absolute atomic E-state index is 0.0347. The summed E-state index contributed by atoms with van der Waals surface area (Å²) in [6.07, 6.45) is 0. The average Bonchev–Trinajstić information content (AvgIpc) is 3.29. The Balaban J connectivity index is 1.37. The van der Waals surface area contributed by atoms with Crippen LogP contribution in [0.3, 0.4) is 0 Å². The SMILES string of the molecule is CN(c1ccccc1)c1nc(-c2ccc(NC(=O)COc3ccccc3)cc2)cs1. The molecule has 0 unspecified atom stereocenters. The van der Waals surface area contributed by atoms with Crippen LogP contribution in [0.15, 0.2) is 90.3 Å². The first-order valence-electron chi connectivity index (χ1n) is 9.51. The molecule has 1 N–H and O–H groups in total. The maximum atomic E-state index is 12.1. The molecule has 0 saturated carbocycles. The number of para-hydroxylation sites is 2. The van der Waals surface area contributed by atoms with Gasteiger partial charge >= 0.3 is 0 Å². The van der Waals surface area contributed by atoms with Crippen LogP contribution < -0.4 is 15.0 Å². The Morgan fingerprint density at radius 3 is 2.33 bits per heavy atom. The van der Waals surface area contributed by atoms with Crippen molar-refractivity contribution in [2.45, 2.75) is 0 Å². The maximum Gasteiger partial charge on any atom is 0.262 e. The second-order valence-corrected chi connectivity index (χ2v) is 7.47. The summed E-state index contributed by atoms with van der Waals surface area (Å²) in [6, 6.07) is 27.1. The normalized spacial score (nSPS) is 10.4. The van der Waals surface area contributed by atoms with E-state index in [0.29, 0.717) is 5.75 Å². The quantitative estimate of drug-likeness (QED) is 0.427. The van der Waals surface area contributed by atoms with Crippen LogP contribution in [0, 0.1) is 0 Å². The van der Waals surface area contributed by atoms with E-state index in [0.717, 1.165) is 27.8 Å². The molecule has 0 bridgehead atoms. The number of amides is 1. The molecule has 0 spiro atoms. The lowest BCUT2D eigenvalue weighted by Gasteiger charge is -2.15. The number of hydrogen-bond acceptors (Lipinski definition) is 5. The fourth-order valence-electron chi connectivity index (χ4n) is 2.90. The van der Waals surface area contributed by atoms with Gasteiger partial charge < -0.3 is 15.0 Å². The van der Waals surface area contributed by atoms with Gasteiger partial charge in [-0.3, -0.25) is 4.79 Å². The highest BCUT2D eigenvalue weighted by Crippen LogP contribution is 2.31. The third kappa shape index (κ3) is 4.85. The predicted molar refractivity (Wildman–Crippen MR) is 123 cm³/mol. The highest BCUT2D eigenvalue weighted by Gasteiger charge is 2.10. The molecule has 0 saturated heterocycles. The molecular weight excluding hydrogens is 394 g/mol. The molecule has 4 aromatic rings. The number of benzene rings is 3. The second kappa shape index (κ2) is 9.24. The highest BCUT2D eigenvalue weighted by atomic mass is 32.1. The first-order chi connectivity index (χ1) is 14.7. The van der Waals surface area contributed by atoms with Gasteiger partial charge in [0.1, 0.15) is 5.75 Å². The third-order valence-electron chi connectivity index (χ3n) is 4.50. The van der Waals surface area contributed by atoms with E-state index in [-0.39, 0.29) is 12.5 Å². The second-order valence-electron chi connectivity index (χ2n) is 6.64. The molecule has 0 radical (unpaired) electrons. The highest BCUT2D eigenvalue weighted by molar-refractivity contribution is 7.14. The number of nitrogens with zero attached hydrogens (tertiary/aromatic N) is 2. The number of anilines is 3. The molecule has 150 valence electrons. The first kappa shape index (κ1) is 19.7. The van der Waals surface area contributed by atoms with Crippen LogP contribution in [0.4, 0.5) is 16.5 Å². The van der Waals surface area contributed by atoms with E-state index in [1.54, 1.807) is 11.3 Å². The van der Waals surface area contributed by atoms with E-state index in [1.165, 1.54) is 0 Å². The van der Waals surface area contributed by atoms with Gasteiger partial charge in [-0.15, -0.1) is 11.3 Å². The summed E-state index contributed by atoms with van der Waals surface area (Å²) in [5, 5.41) is 5.81. The summed E-state index contributed by atoms with van der Waals surface area (Å²) in [4.78, 5) is 18.9. The molecule has 30 heavy (non-hydrogen) atoms. The summed E-state index contributed by atoms with van der Waals surface area (Å²) in [7, 11) is 2.01. The predicted octanol–water partition coefficient (Wildman–Crippen LogP) is 5.60. The lowest BCUT2D eigenvalue weighted by Crippen LogP contribution is -2.20. The van der Waals surface area contributed by atoms with Crippen molar-refractivity contribution in [2.24, 2.45) is 0 Å². The molecule has 0 aliphatic heterocycles. The largest absolute Gasteiger partial charge is 0.484 e. The van der Waals surface area contributed by atoms with Crippen molar-refractivity contribution in [3.8, 4) is 17.0 Å². The van der Waals surface area contributed by atoms with Crippen molar-refractivity contribution in [3.63, 3.8) is 0 Å². The summed E-state index contributed by atoms with van der Waals surface area (Å²) < 4.78 is 5.47. The standard InChI is InChI=1S/C24H21N3O2S/c1-27(20-8-4-2-5-9-20)24-26-22(17-30-24)18-12-14-19(15-13-18)25-23(28)16-29-21-10-6-3-7-11-21/h2-15,17H,16H2,1H3,(H,25,28). The first-order valence-corrected chi connectivity index (χ1v) is 10.4. The van der Waals surface area contributed by atoms with Gasteiger partial charge in [0.2, 0.25) is 0 Å². The molecule has 0 fully saturated rings. The number of carbonyl (C=O) groups is 1. The molecule has 0 atom stereocenters. The Hall–Kier alpha value is -3.64. The van der Waals surface area contributed by atoms with Gasteiger partial charge in [-0.1, -0.05) is 48.5 Å². The van der Waals surface area contributed by atoms with Gasteiger partial charge in [-0.25, -0.2) is 4.98 Å². The molecule has 5 nitrogen and oxygen atoms in total. The average molecular weight is 416 g/mol. The van der Waals surface area contributed by atoms with Crippen LogP contribution >= 0.6 is 11.3 Å². The maximum absolute atomic E-state index is 12.1. The van der Waals surface area contributed by atoms with Crippen molar-refractivity contribution >= 4 is 33.8 Å². The Kier molecular flexibility index (Phi) is 6.06. The van der Waals surface area contributed by atoms with Crippen molar-refractivity contribution < 1.29 is 9.53 Å². The molecule has 1 amide bonds. The lowest BCUT2D eigenvalue weighted by molar-refractivity contribution is -0.118. The topological polar surface area (TPSA) is 54.5 Å². The Labute approximate surface area is 179 Å². The lowest BCUT2D eigenvalue weighted by atomic mass is 10.1. The summed E-state index contributed by atoms with van der Waals surface area (Å²) >= 11 is 1.60. The zero-order valence-corrected chi connectivity index (χ0v) is 17.3. The van der Waals surface area contributed by atoms with Crippen LogP contribution in [0.1, 0.15) is 0 Å². The molecule has 3 aromatic carbocycles. The minimum atomic E-state index is -0.202. The van der Waals surface area contributed by atoms with Gasteiger partial charge in [0, 0.05) is 29.4 Å². The molecule has 1 heterocycles. The number of nitrogens with one attached hydrogen (secondary N) is 1. The van der Waals surface area contributed by atoms with E-state index >= 15 is 0 Å². The van der Waals surface area contributed by atoms with Gasteiger partial charge in [-0.05, 0) is 36.4 Å². The number of thiazole rings is 1. The van der Waals surface area contributed by atoms with Crippen LogP contribution in [0.25, 0.3) is 11.3 Å². The third-order valence-corrected chi connectivity index (χ3v) is 5.42. The smallest absolute Gasteiger partial charge is 0.262 e. The number of aromatic nitrogens is 1. The van der Waals surface area contributed by atoms with Crippen molar-refractivity contribution in [1.82, 2.24) is 4.98 Å². The fraction of sp³-hybridized carbons (Fsp3) is 0.0833. The Morgan fingerprint density at radius 1 is 0.967 bits per heavy atom. The van der Waals surface area contributed by atoms with Crippen LogP contribution in [-0.4, -0.2) is 24.5 Å². The molecule has 6 heteroatoms. The minimum Gasteiger partial charge on any atom is -0.484 e. The fourth-order valence-corrected chi connectivity index (χ4v) is 3.72.